The highest BCUT2D eigenvalue weighted by Gasteiger charge is 2.58. The lowest BCUT2D eigenvalue weighted by Gasteiger charge is -2.29. The number of carbonyl (C=O) groups excluding carboxylic acids is 1. The van der Waals surface area contributed by atoms with Crippen molar-refractivity contribution >= 4 is 17.6 Å². The van der Waals surface area contributed by atoms with Crippen LogP contribution in [0.5, 0.6) is 0 Å². The van der Waals surface area contributed by atoms with E-state index in [-0.39, 0.29) is 6.03 Å². The van der Waals surface area contributed by atoms with Crippen molar-refractivity contribution in [1.29, 1.82) is 0 Å². The number of rotatable bonds is 6. The van der Waals surface area contributed by atoms with E-state index < -0.39 is 0 Å². The van der Waals surface area contributed by atoms with Gasteiger partial charge in [-0.2, -0.15) is 0 Å². The SMILES string of the molecule is CCC(NCc1ccc(Cl)cc1)C1[C@H]2CC(NC(=O)N3CCOCC3)C[C@@H]12. The van der Waals surface area contributed by atoms with Gasteiger partial charge in [0.05, 0.1) is 13.2 Å². The van der Waals surface area contributed by atoms with Gasteiger partial charge in [-0.15, -0.1) is 0 Å². The molecule has 2 amide bonds. The number of nitrogens with zero attached hydrogens (tertiary/aromatic N) is 1. The lowest BCUT2D eigenvalue weighted by atomic mass is 9.99. The number of hydrogen-bond acceptors (Lipinski definition) is 3. The summed E-state index contributed by atoms with van der Waals surface area (Å²) in [5, 5.41) is 7.78. The van der Waals surface area contributed by atoms with Gasteiger partial charge in [0.2, 0.25) is 0 Å². The highest BCUT2D eigenvalue weighted by atomic mass is 35.5. The van der Waals surface area contributed by atoms with Gasteiger partial charge in [-0.05, 0) is 54.7 Å². The van der Waals surface area contributed by atoms with Gasteiger partial charge < -0.3 is 20.3 Å². The lowest BCUT2D eigenvalue weighted by Crippen LogP contribution is -2.49. The van der Waals surface area contributed by atoms with Crippen LogP contribution in [0.25, 0.3) is 0 Å². The van der Waals surface area contributed by atoms with Crippen LogP contribution in [0, 0.1) is 17.8 Å². The summed E-state index contributed by atoms with van der Waals surface area (Å²) < 4.78 is 5.32. The summed E-state index contributed by atoms with van der Waals surface area (Å²) in [5.41, 5.74) is 1.28. The van der Waals surface area contributed by atoms with E-state index in [4.69, 9.17) is 16.3 Å². The number of benzene rings is 1. The highest BCUT2D eigenvalue weighted by molar-refractivity contribution is 6.30. The number of hydrogen-bond donors (Lipinski definition) is 2. The van der Waals surface area contributed by atoms with Crippen LogP contribution in [0.2, 0.25) is 5.02 Å². The minimum atomic E-state index is 0.0917. The molecule has 27 heavy (non-hydrogen) atoms. The quantitative estimate of drug-likeness (QED) is 0.782. The molecule has 0 aromatic heterocycles. The summed E-state index contributed by atoms with van der Waals surface area (Å²) in [6.07, 6.45) is 3.41. The maximum atomic E-state index is 12.4. The number of carbonyl (C=O) groups is 1. The van der Waals surface area contributed by atoms with Gasteiger partial charge in [0.1, 0.15) is 0 Å². The molecule has 6 heteroatoms. The Kier molecular flexibility index (Phi) is 5.90. The molecule has 0 radical (unpaired) electrons. The molecular weight excluding hydrogens is 362 g/mol. The molecule has 1 saturated heterocycles. The molecule has 148 valence electrons. The molecule has 0 spiro atoms. The molecule has 3 aliphatic rings. The van der Waals surface area contributed by atoms with E-state index in [1.807, 2.05) is 17.0 Å². The van der Waals surface area contributed by atoms with Gasteiger partial charge in [-0.25, -0.2) is 4.79 Å². The molecule has 1 aromatic rings. The highest BCUT2D eigenvalue weighted by Crippen LogP contribution is 2.59. The summed E-state index contributed by atoms with van der Waals surface area (Å²) in [5.74, 6) is 2.30. The first-order chi connectivity index (χ1) is 13.2. The van der Waals surface area contributed by atoms with Crippen LogP contribution in [-0.4, -0.2) is 49.3 Å². The van der Waals surface area contributed by atoms with Crippen molar-refractivity contribution < 1.29 is 9.53 Å². The monoisotopic (exact) mass is 391 g/mol. The molecule has 5 nitrogen and oxygen atoms in total. The fourth-order valence-corrected chi connectivity index (χ4v) is 5.17. The second kappa shape index (κ2) is 8.38. The van der Waals surface area contributed by atoms with E-state index in [2.05, 4.69) is 29.7 Å². The summed E-state index contributed by atoms with van der Waals surface area (Å²) >= 11 is 5.97. The fraction of sp³-hybridized carbons (Fsp3) is 0.667. The molecule has 1 aromatic carbocycles. The Labute approximate surface area is 166 Å². The molecule has 1 aliphatic heterocycles. The summed E-state index contributed by atoms with van der Waals surface area (Å²) in [6.45, 7) is 5.89. The van der Waals surface area contributed by atoms with E-state index >= 15 is 0 Å². The lowest BCUT2D eigenvalue weighted by molar-refractivity contribution is 0.0524. The van der Waals surface area contributed by atoms with Crippen LogP contribution in [0.3, 0.4) is 0 Å². The van der Waals surface area contributed by atoms with Gasteiger partial charge >= 0.3 is 6.03 Å². The summed E-state index contributed by atoms with van der Waals surface area (Å²) in [6, 6.07) is 9.08. The first kappa shape index (κ1) is 19.0. The number of urea groups is 1. The predicted molar refractivity (Wildman–Crippen MR) is 107 cm³/mol. The summed E-state index contributed by atoms with van der Waals surface area (Å²) in [4.78, 5) is 14.3. The van der Waals surface area contributed by atoms with Crippen LogP contribution >= 0.6 is 11.6 Å². The van der Waals surface area contributed by atoms with Crippen molar-refractivity contribution in [2.45, 2.75) is 44.8 Å². The van der Waals surface area contributed by atoms with Gasteiger partial charge in [0, 0.05) is 36.7 Å². The van der Waals surface area contributed by atoms with Crippen molar-refractivity contribution in [2.24, 2.45) is 17.8 Å². The van der Waals surface area contributed by atoms with E-state index in [0.29, 0.717) is 38.4 Å². The number of amides is 2. The van der Waals surface area contributed by atoms with E-state index in [1.54, 1.807) is 0 Å². The van der Waals surface area contributed by atoms with Crippen molar-refractivity contribution in [1.82, 2.24) is 15.5 Å². The fourth-order valence-electron chi connectivity index (χ4n) is 5.04. The maximum Gasteiger partial charge on any atom is 0.317 e. The first-order valence-electron chi connectivity index (χ1n) is 10.3. The third-order valence-corrected chi connectivity index (χ3v) is 6.78. The Morgan fingerprint density at radius 3 is 2.52 bits per heavy atom. The Morgan fingerprint density at radius 2 is 1.89 bits per heavy atom. The zero-order chi connectivity index (χ0) is 18.8. The van der Waals surface area contributed by atoms with Crippen molar-refractivity contribution in [3.63, 3.8) is 0 Å². The largest absolute Gasteiger partial charge is 0.378 e. The number of nitrogens with one attached hydrogen (secondary N) is 2. The maximum absolute atomic E-state index is 12.4. The minimum absolute atomic E-state index is 0.0917. The third kappa shape index (κ3) is 4.41. The average Bonchev–Trinajstić information content (AvgIpc) is 3.18. The summed E-state index contributed by atoms with van der Waals surface area (Å²) in [7, 11) is 0. The van der Waals surface area contributed by atoms with Gasteiger partial charge in [0.15, 0.2) is 0 Å². The zero-order valence-corrected chi connectivity index (χ0v) is 16.8. The zero-order valence-electron chi connectivity index (χ0n) is 16.0. The first-order valence-corrected chi connectivity index (χ1v) is 10.6. The standard InChI is InChI=1S/C21H30ClN3O2/c1-2-19(23-13-14-3-5-15(22)6-4-14)20-17-11-16(12-18(17)20)24-21(26)25-7-9-27-10-8-25/h3-6,16-20,23H,2,7-13H2,1H3,(H,24,26)/t16?,17-,18+,19?,20?. The Balaban J connectivity index is 1.22. The normalized spacial score (nSPS) is 30.7. The Morgan fingerprint density at radius 1 is 1.22 bits per heavy atom. The number of fused-ring (bicyclic) bond motifs is 1. The van der Waals surface area contributed by atoms with Crippen molar-refractivity contribution in [3.05, 3.63) is 34.9 Å². The minimum Gasteiger partial charge on any atom is -0.378 e. The van der Waals surface area contributed by atoms with Gasteiger partial charge in [-0.1, -0.05) is 30.7 Å². The molecule has 2 saturated carbocycles. The second-order valence-corrected chi connectivity index (χ2v) is 8.58. The van der Waals surface area contributed by atoms with E-state index in [1.165, 1.54) is 5.56 Å². The molecule has 3 fully saturated rings. The Bertz CT molecular complexity index is 635. The topological polar surface area (TPSA) is 53.6 Å². The van der Waals surface area contributed by atoms with Crippen molar-refractivity contribution in [2.75, 3.05) is 26.3 Å². The van der Waals surface area contributed by atoms with E-state index in [0.717, 1.165) is 48.6 Å². The van der Waals surface area contributed by atoms with Gasteiger partial charge in [-0.3, -0.25) is 0 Å². The molecule has 5 atom stereocenters. The second-order valence-electron chi connectivity index (χ2n) is 8.14. The van der Waals surface area contributed by atoms with Gasteiger partial charge in [0.25, 0.3) is 0 Å². The van der Waals surface area contributed by atoms with Crippen LogP contribution in [-0.2, 0) is 11.3 Å². The molecule has 0 bridgehead atoms. The third-order valence-electron chi connectivity index (χ3n) is 6.52. The smallest absolute Gasteiger partial charge is 0.317 e. The Hall–Kier alpha value is -1.30. The average molecular weight is 392 g/mol. The van der Waals surface area contributed by atoms with Crippen LogP contribution in [0.4, 0.5) is 4.79 Å². The molecule has 3 unspecified atom stereocenters. The molecule has 2 N–H and O–H groups in total. The number of halogens is 1. The number of ether oxygens (including phenoxy) is 1. The van der Waals surface area contributed by atoms with Crippen LogP contribution in [0.1, 0.15) is 31.7 Å². The molecule has 4 rings (SSSR count). The van der Waals surface area contributed by atoms with Crippen LogP contribution < -0.4 is 10.6 Å². The van der Waals surface area contributed by atoms with Crippen molar-refractivity contribution in [3.8, 4) is 0 Å². The molecule has 2 aliphatic carbocycles. The number of morpholine rings is 1. The molecule has 1 heterocycles. The molecular formula is C21H30ClN3O2. The van der Waals surface area contributed by atoms with Crippen LogP contribution in [0.15, 0.2) is 24.3 Å². The van der Waals surface area contributed by atoms with E-state index in [9.17, 15) is 4.79 Å². The predicted octanol–water partition coefficient (Wildman–Crippen LogP) is 3.27.